The van der Waals surface area contributed by atoms with E-state index in [9.17, 15) is 4.79 Å². The molecule has 1 saturated heterocycles. The van der Waals surface area contributed by atoms with Crippen LogP contribution in [0.15, 0.2) is 0 Å². The molecule has 0 aliphatic carbocycles. The van der Waals surface area contributed by atoms with Crippen molar-refractivity contribution in [2.45, 2.75) is 19.8 Å². The van der Waals surface area contributed by atoms with Gasteiger partial charge in [-0.2, -0.15) is 0 Å². The highest BCUT2D eigenvalue weighted by Crippen LogP contribution is 2.19. The smallest absolute Gasteiger partial charge is 0.138 e. The lowest BCUT2D eigenvalue weighted by Crippen LogP contribution is -2.40. The second kappa shape index (κ2) is 5.35. The van der Waals surface area contributed by atoms with Gasteiger partial charge >= 0.3 is 0 Å². The molecule has 1 N–H and O–H groups in total. The van der Waals surface area contributed by atoms with E-state index in [0.717, 1.165) is 26.1 Å². The van der Waals surface area contributed by atoms with E-state index in [1.807, 2.05) is 0 Å². The Labute approximate surface area is 79.8 Å². The van der Waals surface area contributed by atoms with Crippen molar-refractivity contribution in [3.8, 4) is 0 Å². The van der Waals surface area contributed by atoms with Crippen molar-refractivity contribution in [2.75, 3.05) is 26.8 Å². The van der Waals surface area contributed by atoms with E-state index in [-0.39, 0.29) is 5.92 Å². The van der Waals surface area contributed by atoms with Gasteiger partial charge in [0.2, 0.25) is 0 Å². The molecule has 0 aromatic heterocycles. The number of hydrogen-bond acceptors (Lipinski definition) is 3. The van der Waals surface area contributed by atoms with Crippen LogP contribution in [0.2, 0.25) is 0 Å². The maximum Gasteiger partial charge on any atom is 0.138 e. The third kappa shape index (κ3) is 3.08. The van der Waals surface area contributed by atoms with E-state index in [0.29, 0.717) is 18.1 Å². The largest absolute Gasteiger partial charge is 0.385 e. The number of rotatable bonds is 4. The summed E-state index contributed by atoms with van der Waals surface area (Å²) in [4.78, 5) is 11.5. The molecule has 0 saturated carbocycles. The quantitative estimate of drug-likeness (QED) is 0.705. The van der Waals surface area contributed by atoms with Crippen LogP contribution in [0, 0.1) is 11.8 Å². The highest BCUT2D eigenvalue weighted by Gasteiger charge is 2.26. The van der Waals surface area contributed by atoms with Gasteiger partial charge in [0.05, 0.1) is 0 Å². The molecule has 0 amide bonds. The molecule has 0 aromatic rings. The zero-order chi connectivity index (χ0) is 9.68. The van der Waals surface area contributed by atoms with Crippen LogP contribution in [0.5, 0.6) is 0 Å². The predicted molar refractivity (Wildman–Crippen MR) is 51.6 cm³/mol. The van der Waals surface area contributed by atoms with Crippen LogP contribution in [0.25, 0.3) is 0 Å². The van der Waals surface area contributed by atoms with Crippen LogP contribution in [0.4, 0.5) is 0 Å². The molecule has 0 bridgehead atoms. The Morgan fingerprint density at radius 2 is 2.46 bits per heavy atom. The Morgan fingerprint density at radius 1 is 1.69 bits per heavy atom. The van der Waals surface area contributed by atoms with Crippen LogP contribution >= 0.6 is 0 Å². The van der Waals surface area contributed by atoms with Gasteiger partial charge in [-0.05, 0) is 12.3 Å². The summed E-state index contributed by atoms with van der Waals surface area (Å²) in [5.41, 5.74) is 0. The fourth-order valence-electron chi connectivity index (χ4n) is 1.79. The van der Waals surface area contributed by atoms with Gasteiger partial charge in [-0.15, -0.1) is 0 Å². The Balaban J connectivity index is 2.34. The molecule has 2 unspecified atom stereocenters. The number of nitrogens with one attached hydrogen (secondary N) is 1. The lowest BCUT2D eigenvalue weighted by atomic mass is 9.84. The van der Waals surface area contributed by atoms with E-state index in [1.54, 1.807) is 7.11 Å². The van der Waals surface area contributed by atoms with Crippen molar-refractivity contribution >= 4 is 5.78 Å². The summed E-state index contributed by atoms with van der Waals surface area (Å²) in [6.07, 6.45) is 1.68. The fraction of sp³-hybridized carbons (Fsp3) is 0.900. The number of Topliss-reactive ketones (excluding diaryl/α,β-unsaturated/α-hetero) is 1. The number of ether oxygens (including phenoxy) is 1. The first-order valence-electron chi connectivity index (χ1n) is 4.98. The van der Waals surface area contributed by atoms with Crippen molar-refractivity contribution in [2.24, 2.45) is 11.8 Å². The van der Waals surface area contributed by atoms with Crippen LogP contribution in [0.3, 0.4) is 0 Å². The predicted octanol–water partition coefficient (Wildman–Crippen LogP) is 0.838. The summed E-state index contributed by atoms with van der Waals surface area (Å²) in [6.45, 7) is 4.59. The number of hydrogen-bond donors (Lipinski definition) is 1. The van der Waals surface area contributed by atoms with Gasteiger partial charge in [-0.1, -0.05) is 6.92 Å². The third-order valence-electron chi connectivity index (χ3n) is 2.79. The first-order valence-corrected chi connectivity index (χ1v) is 4.98. The number of piperidine rings is 1. The molecule has 0 aromatic carbocycles. The average molecular weight is 185 g/mol. The molecular weight excluding hydrogens is 166 g/mol. The Kier molecular flexibility index (Phi) is 4.39. The number of ketones is 1. The average Bonchev–Trinajstić information content (AvgIpc) is 2.15. The van der Waals surface area contributed by atoms with Gasteiger partial charge in [-0.3, -0.25) is 4.79 Å². The minimum Gasteiger partial charge on any atom is -0.385 e. The van der Waals surface area contributed by atoms with Gasteiger partial charge in [0, 0.05) is 39.1 Å². The number of carbonyl (C=O) groups excluding carboxylic acids is 1. The number of methoxy groups -OCH3 is 1. The summed E-state index contributed by atoms with van der Waals surface area (Å²) < 4.78 is 5.01. The lowest BCUT2D eigenvalue weighted by Gasteiger charge is -2.26. The molecule has 3 nitrogen and oxygen atoms in total. The zero-order valence-electron chi connectivity index (χ0n) is 8.51. The summed E-state index contributed by atoms with van der Waals surface area (Å²) >= 11 is 0. The topological polar surface area (TPSA) is 38.3 Å². The zero-order valence-corrected chi connectivity index (χ0v) is 8.51. The first-order chi connectivity index (χ1) is 6.25. The Bertz CT molecular complexity index is 170. The van der Waals surface area contributed by atoms with E-state index < -0.39 is 0 Å². The highest BCUT2D eigenvalue weighted by atomic mass is 16.5. The van der Waals surface area contributed by atoms with E-state index >= 15 is 0 Å². The second-order valence-electron chi connectivity index (χ2n) is 3.79. The summed E-state index contributed by atoms with van der Waals surface area (Å²) in [5.74, 6) is 1.08. The summed E-state index contributed by atoms with van der Waals surface area (Å²) in [5, 5.41) is 3.26. The van der Waals surface area contributed by atoms with Gasteiger partial charge in [-0.25, -0.2) is 0 Å². The van der Waals surface area contributed by atoms with Crippen LogP contribution in [-0.4, -0.2) is 32.6 Å². The van der Waals surface area contributed by atoms with Gasteiger partial charge in [0.25, 0.3) is 0 Å². The Morgan fingerprint density at radius 3 is 3.08 bits per heavy atom. The molecule has 0 radical (unpaired) electrons. The third-order valence-corrected chi connectivity index (χ3v) is 2.79. The molecule has 76 valence electrons. The van der Waals surface area contributed by atoms with Crippen LogP contribution < -0.4 is 5.32 Å². The summed E-state index contributed by atoms with van der Waals surface area (Å²) in [7, 11) is 1.70. The monoisotopic (exact) mass is 185 g/mol. The molecule has 13 heavy (non-hydrogen) atoms. The van der Waals surface area contributed by atoms with E-state index in [1.165, 1.54) is 0 Å². The molecule has 1 heterocycles. The summed E-state index contributed by atoms with van der Waals surface area (Å²) in [6, 6.07) is 0. The van der Waals surface area contributed by atoms with Crippen molar-refractivity contribution in [3.63, 3.8) is 0 Å². The highest BCUT2D eigenvalue weighted by molar-refractivity contribution is 5.82. The maximum atomic E-state index is 11.5. The van der Waals surface area contributed by atoms with E-state index in [4.69, 9.17) is 4.74 Å². The molecular formula is C10H19NO2. The lowest BCUT2D eigenvalue weighted by molar-refractivity contribution is -0.125. The molecule has 1 fully saturated rings. The molecule has 1 rings (SSSR count). The first kappa shape index (κ1) is 10.7. The van der Waals surface area contributed by atoms with Crippen molar-refractivity contribution in [1.82, 2.24) is 5.32 Å². The van der Waals surface area contributed by atoms with Crippen molar-refractivity contribution in [1.29, 1.82) is 0 Å². The van der Waals surface area contributed by atoms with Crippen LogP contribution in [-0.2, 0) is 9.53 Å². The van der Waals surface area contributed by atoms with Crippen LogP contribution in [0.1, 0.15) is 19.8 Å². The molecule has 2 atom stereocenters. The normalized spacial score (nSPS) is 26.0. The van der Waals surface area contributed by atoms with Crippen molar-refractivity contribution < 1.29 is 9.53 Å². The standard InChI is InChI=1S/C10H19NO2/c1-8(4-6-13-2)9-7-11-5-3-10(9)12/h8-9,11H,3-7H2,1-2H3. The molecule has 1 aliphatic rings. The minimum atomic E-state index is 0.212. The maximum absolute atomic E-state index is 11.5. The fourth-order valence-corrected chi connectivity index (χ4v) is 1.79. The Hall–Kier alpha value is -0.410. The molecule has 1 aliphatic heterocycles. The number of carbonyl (C=O) groups is 1. The second-order valence-corrected chi connectivity index (χ2v) is 3.79. The minimum absolute atomic E-state index is 0.212. The van der Waals surface area contributed by atoms with Gasteiger partial charge in [0.15, 0.2) is 0 Å². The molecule has 0 spiro atoms. The molecule has 3 heteroatoms. The van der Waals surface area contributed by atoms with Gasteiger partial charge in [0.1, 0.15) is 5.78 Å². The SMILES string of the molecule is COCCC(C)C1CNCCC1=O. The van der Waals surface area contributed by atoms with Crippen molar-refractivity contribution in [3.05, 3.63) is 0 Å². The van der Waals surface area contributed by atoms with Gasteiger partial charge < -0.3 is 10.1 Å². The van der Waals surface area contributed by atoms with E-state index in [2.05, 4.69) is 12.2 Å².